The van der Waals surface area contributed by atoms with Crippen LogP contribution in [-0.2, 0) is 9.53 Å². The molecule has 152 valence electrons. The Morgan fingerprint density at radius 1 is 1.39 bits per heavy atom. The Labute approximate surface area is 166 Å². The van der Waals surface area contributed by atoms with Crippen molar-refractivity contribution in [1.29, 1.82) is 0 Å². The number of carbonyl (C=O) groups excluding carboxylic acids is 1. The molecule has 0 saturated heterocycles. The van der Waals surface area contributed by atoms with Crippen LogP contribution in [0.15, 0.2) is 42.2 Å². The normalized spacial score (nSPS) is 22.5. The van der Waals surface area contributed by atoms with Gasteiger partial charge in [-0.15, -0.1) is 0 Å². The lowest BCUT2D eigenvalue weighted by Gasteiger charge is -2.34. The van der Waals surface area contributed by atoms with Crippen molar-refractivity contribution in [2.24, 2.45) is 5.84 Å². The Kier molecular flexibility index (Phi) is 6.56. The molecular weight excluding hydrogens is 356 g/mol. The third kappa shape index (κ3) is 4.30. The summed E-state index contributed by atoms with van der Waals surface area (Å²) in [7, 11) is 0. The number of benzene rings is 1. The molecule has 0 aliphatic carbocycles. The maximum absolute atomic E-state index is 11.2. The molecule has 2 aliphatic heterocycles. The standard InChI is InChI=1S/C20H30N6O2/c1-4-16-9-10-22-19(24-16)26(21)17-8-6-7-15(11-17)18-12-23-20(28-18)25(5-2)14(3)13-27/h6-9,11-14,19-20,22-24H,4-5,10,21H2,1-3H3. The summed E-state index contributed by atoms with van der Waals surface area (Å²) in [6.45, 7) is 7.44. The van der Waals surface area contributed by atoms with Crippen molar-refractivity contribution < 1.29 is 9.53 Å². The van der Waals surface area contributed by atoms with E-state index < -0.39 is 0 Å². The lowest BCUT2D eigenvalue weighted by atomic mass is 10.1. The number of hydrogen-bond acceptors (Lipinski definition) is 8. The molecule has 0 aromatic heterocycles. The molecule has 0 fully saturated rings. The largest absolute Gasteiger partial charge is 0.455 e. The van der Waals surface area contributed by atoms with Gasteiger partial charge in [0.15, 0.2) is 6.29 Å². The van der Waals surface area contributed by atoms with Crippen LogP contribution in [-0.4, -0.2) is 43.0 Å². The predicted molar refractivity (Wildman–Crippen MR) is 110 cm³/mol. The van der Waals surface area contributed by atoms with Crippen LogP contribution in [0.25, 0.3) is 5.76 Å². The van der Waals surface area contributed by atoms with Gasteiger partial charge in [-0.2, -0.15) is 0 Å². The van der Waals surface area contributed by atoms with Crippen molar-refractivity contribution in [3.8, 4) is 0 Å². The quantitative estimate of drug-likeness (QED) is 0.301. The third-order valence-corrected chi connectivity index (χ3v) is 5.05. The number of carbonyl (C=O) groups is 1. The molecule has 0 radical (unpaired) electrons. The Morgan fingerprint density at radius 3 is 2.93 bits per heavy atom. The van der Waals surface area contributed by atoms with E-state index in [0.29, 0.717) is 6.54 Å². The van der Waals surface area contributed by atoms with Crippen molar-refractivity contribution in [3.05, 3.63) is 47.8 Å². The Bertz CT molecular complexity index is 750. The molecule has 5 N–H and O–H groups in total. The monoisotopic (exact) mass is 386 g/mol. The van der Waals surface area contributed by atoms with Gasteiger partial charge in [0.25, 0.3) is 0 Å². The van der Waals surface area contributed by atoms with Gasteiger partial charge in [-0.1, -0.05) is 32.1 Å². The van der Waals surface area contributed by atoms with E-state index in [1.807, 2.05) is 49.2 Å². The predicted octanol–water partition coefficient (Wildman–Crippen LogP) is 1.25. The van der Waals surface area contributed by atoms with Crippen LogP contribution in [0.2, 0.25) is 0 Å². The SMILES string of the molecule is CCC1=CCNC(N(N)c2cccc(C3=CNC(N(CC)C(C)C=O)O3)c2)N1. The summed E-state index contributed by atoms with van der Waals surface area (Å²) in [6.07, 6.45) is 5.28. The maximum atomic E-state index is 11.2. The molecule has 2 aliphatic rings. The second-order valence-corrected chi connectivity index (χ2v) is 6.85. The highest BCUT2D eigenvalue weighted by Gasteiger charge is 2.28. The zero-order valence-electron chi connectivity index (χ0n) is 16.7. The van der Waals surface area contributed by atoms with E-state index in [-0.39, 0.29) is 18.7 Å². The van der Waals surface area contributed by atoms with E-state index in [1.165, 1.54) is 5.70 Å². The molecule has 0 saturated carbocycles. The van der Waals surface area contributed by atoms with E-state index in [1.54, 1.807) is 5.01 Å². The Balaban J connectivity index is 1.70. The molecule has 1 aromatic rings. The number of aldehydes is 1. The van der Waals surface area contributed by atoms with E-state index >= 15 is 0 Å². The number of nitrogens with two attached hydrogens (primary N) is 1. The minimum Gasteiger partial charge on any atom is -0.455 e. The summed E-state index contributed by atoms with van der Waals surface area (Å²) >= 11 is 0. The van der Waals surface area contributed by atoms with E-state index in [0.717, 1.165) is 36.3 Å². The van der Waals surface area contributed by atoms with Gasteiger partial charge in [0.2, 0.25) is 6.35 Å². The molecule has 8 heteroatoms. The van der Waals surface area contributed by atoms with E-state index in [2.05, 4.69) is 29.0 Å². The van der Waals surface area contributed by atoms with Gasteiger partial charge in [-0.3, -0.25) is 10.3 Å². The minimum absolute atomic E-state index is 0.177. The van der Waals surface area contributed by atoms with Gasteiger partial charge in [-0.25, -0.2) is 10.7 Å². The van der Waals surface area contributed by atoms with Gasteiger partial charge >= 0.3 is 0 Å². The Morgan fingerprint density at radius 2 is 2.21 bits per heavy atom. The number of ether oxygens (including phenoxy) is 1. The van der Waals surface area contributed by atoms with Gasteiger partial charge in [-0.05, 0) is 25.5 Å². The highest BCUT2D eigenvalue weighted by atomic mass is 16.5. The number of hydrogen-bond donors (Lipinski definition) is 4. The fraction of sp³-hybridized carbons (Fsp3) is 0.450. The average Bonchev–Trinajstić information content (AvgIpc) is 3.23. The summed E-state index contributed by atoms with van der Waals surface area (Å²) < 4.78 is 6.06. The van der Waals surface area contributed by atoms with Crippen LogP contribution in [0, 0.1) is 0 Å². The molecule has 0 spiro atoms. The summed E-state index contributed by atoms with van der Waals surface area (Å²) in [6, 6.07) is 7.65. The topological polar surface area (TPSA) is 94.9 Å². The number of nitrogens with zero attached hydrogens (tertiary/aromatic N) is 2. The fourth-order valence-corrected chi connectivity index (χ4v) is 3.36. The maximum Gasteiger partial charge on any atom is 0.230 e. The smallest absolute Gasteiger partial charge is 0.230 e. The van der Waals surface area contributed by atoms with Crippen molar-refractivity contribution in [1.82, 2.24) is 20.9 Å². The van der Waals surface area contributed by atoms with Gasteiger partial charge < -0.3 is 20.2 Å². The molecule has 0 amide bonds. The van der Waals surface area contributed by atoms with Crippen LogP contribution in [0.4, 0.5) is 5.69 Å². The molecule has 3 atom stereocenters. The first-order valence-corrected chi connectivity index (χ1v) is 9.74. The summed E-state index contributed by atoms with van der Waals surface area (Å²) in [5.41, 5.74) is 2.95. The number of nitrogens with one attached hydrogen (secondary N) is 3. The van der Waals surface area contributed by atoms with Crippen molar-refractivity contribution in [2.75, 3.05) is 18.1 Å². The van der Waals surface area contributed by atoms with Gasteiger partial charge in [0, 0.05) is 30.5 Å². The fourth-order valence-electron chi connectivity index (χ4n) is 3.36. The van der Waals surface area contributed by atoms with Crippen LogP contribution in [0.5, 0.6) is 0 Å². The van der Waals surface area contributed by atoms with E-state index in [4.69, 9.17) is 10.6 Å². The van der Waals surface area contributed by atoms with Gasteiger partial charge in [0.1, 0.15) is 12.0 Å². The molecule has 3 unspecified atom stereocenters. The first kappa shape index (κ1) is 20.2. The molecule has 2 heterocycles. The van der Waals surface area contributed by atoms with Crippen LogP contribution in [0.3, 0.4) is 0 Å². The summed E-state index contributed by atoms with van der Waals surface area (Å²) in [5.74, 6) is 7.09. The number of allylic oxidation sites excluding steroid dienone is 1. The molecule has 8 nitrogen and oxygen atoms in total. The number of rotatable bonds is 8. The average molecular weight is 387 g/mol. The zero-order chi connectivity index (χ0) is 20.1. The van der Waals surface area contributed by atoms with Crippen LogP contribution in [0.1, 0.15) is 32.8 Å². The molecule has 28 heavy (non-hydrogen) atoms. The summed E-state index contributed by atoms with van der Waals surface area (Å²) in [5, 5.41) is 11.6. The Hall–Kier alpha value is -2.55. The molecule has 1 aromatic carbocycles. The second-order valence-electron chi connectivity index (χ2n) is 6.85. The van der Waals surface area contributed by atoms with Crippen molar-refractivity contribution in [2.45, 2.75) is 45.9 Å². The second kappa shape index (κ2) is 9.09. The lowest BCUT2D eigenvalue weighted by molar-refractivity contribution is -0.116. The lowest BCUT2D eigenvalue weighted by Crippen LogP contribution is -2.59. The number of hydrazine groups is 1. The van der Waals surface area contributed by atoms with Gasteiger partial charge in [0.05, 0.1) is 11.7 Å². The molecular formula is C20H30N6O2. The number of likely N-dealkylation sites (N-methyl/N-ethyl adjacent to an activating group) is 1. The molecule has 3 rings (SSSR count). The summed E-state index contributed by atoms with van der Waals surface area (Å²) in [4.78, 5) is 13.1. The van der Waals surface area contributed by atoms with Crippen molar-refractivity contribution >= 4 is 17.7 Å². The first-order chi connectivity index (χ1) is 13.6. The zero-order valence-corrected chi connectivity index (χ0v) is 16.7. The van der Waals surface area contributed by atoms with E-state index in [9.17, 15) is 4.79 Å². The molecule has 0 bridgehead atoms. The highest BCUT2D eigenvalue weighted by molar-refractivity contribution is 5.66. The highest BCUT2D eigenvalue weighted by Crippen LogP contribution is 2.26. The third-order valence-electron chi connectivity index (χ3n) is 5.05. The van der Waals surface area contributed by atoms with Crippen molar-refractivity contribution in [3.63, 3.8) is 0 Å². The minimum atomic E-state index is -0.364. The van der Waals surface area contributed by atoms with Crippen LogP contribution >= 0.6 is 0 Å². The number of anilines is 1. The first-order valence-electron chi connectivity index (χ1n) is 9.74. The van der Waals surface area contributed by atoms with Crippen LogP contribution < -0.4 is 26.8 Å².